The molecule has 0 aliphatic rings. The van der Waals surface area contributed by atoms with Gasteiger partial charge in [-0.1, -0.05) is 217 Å². The second kappa shape index (κ2) is 17.9. The van der Waals surface area contributed by atoms with Gasteiger partial charge in [0, 0.05) is 63.9 Å². The molecule has 0 bridgehead atoms. The number of benzene rings is 11. The van der Waals surface area contributed by atoms with E-state index >= 15 is 0 Å². The molecule has 2 nitrogen and oxygen atoms in total. The predicted molar refractivity (Wildman–Crippen MR) is 365 cm³/mol. The van der Waals surface area contributed by atoms with Crippen molar-refractivity contribution in [2.24, 2.45) is 0 Å². The van der Waals surface area contributed by atoms with E-state index < -0.39 is 6.85 Å². The van der Waals surface area contributed by atoms with E-state index in [2.05, 4.69) is 268 Å². The zero-order valence-corrected chi connectivity index (χ0v) is 50.9. The van der Waals surface area contributed by atoms with Gasteiger partial charge in [0.05, 0.1) is 33.1 Å². The molecule has 0 aliphatic carbocycles. The third-order valence-corrected chi connectivity index (χ3v) is 18.8. The van der Waals surface area contributed by atoms with Crippen LogP contribution in [-0.2, 0) is 21.7 Å². The summed E-state index contributed by atoms with van der Waals surface area (Å²) < 4.78 is 31.1. The molecule has 412 valence electrons. The minimum atomic E-state index is -2.26. The van der Waals surface area contributed by atoms with E-state index in [0.717, 1.165) is 44.2 Å². The number of hydrogen-bond donors (Lipinski definition) is 0. The summed E-state index contributed by atoms with van der Waals surface area (Å²) in [6.45, 7) is 27.9. The summed E-state index contributed by atoms with van der Waals surface area (Å²) in [6.07, 6.45) is 0. The summed E-state index contributed by atoms with van der Waals surface area (Å²) in [7, 11) is 0. The molecule has 15 rings (SSSR count). The highest BCUT2D eigenvalue weighted by Crippen LogP contribution is 2.58. The molecule has 2 heteroatoms. The molecule has 4 aromatic heterocycles. The smallest absolute Gasteiger partial charge is 0.0634 e. The molecule has 0 saturated carbocycles. The van der Waals surface area contributed by atoms with Gasteiger partial charge in [-0.05, 0) is 179 Å². The summed E-state index contributed by atoms with van der Waals surface area (Å²) in [6, 6.07) is 73.1. The second-order valence-corrected chi connectivity index (χ2v) is 28.4. The Morgan fingerprint density at radius 1 is 0.298 bits per heavy atom. The first kappa shape index (κ1) is 48.8. The Labute approximate surface area is 498 Å². The zero-order chi connectivity index (χ0) is 60.8. The quantitative estimate of drug-likeness (QED) is 0.162. The van der Waals surface area contributed by atoms with Gasteiger partial charge in [0.25, 0.3) is 0 Å². The van der Waals surface area contributed by atoms with Crippen LogP contribution < -0.4 is 0 Å². The number of nitrogens with zero attached hydrogens (tertiary/aromatic N) is 2. The van der Waals surface area contributed by atoms with Crippen LogP contribution in [0.5, 0.6) is 0 Å². The highest BCUT2D eigenvalue weighted by Gasteiger charge is 2.35. The van der Waals surface area contributed by atoms with E-state index in [4.69, 9.17) is 4.11 Å². The van der Waals surface area contributed by atoms with E-state index in [9.17, 15) is 0 Å². The van der Waals surface area contributed by atoms with Crippen LogP contribution in [-0.4, -0.2) is 8.80 Å². The van der Waals surface area contributed by atoms with Crippen LogP contribution in [0.15, 0.2) is 194 Å². The van der Waals surface area contributed by atoms with Gasteiger partial charge in [-0.2, -0.15) is 0 Å². The maximum atomic E-state index is 8.59. The van der Waals surface area contributed by atoms with E-state index in [1.165, 1.54) is 126 Å². The Kier molecular flexibility index (Phi) is 10.4. The average molecular weight is 1090 g/mol. The van der Waals surface area contributed by atoms with Gasteiger partial charge < -0.3 is 8.80 Å². The van der Waals surface area contributed by atoms with Crippen molar-refractivity contribution in [3.8, 4) is 55.6 Å². The largest absolute Gasteiger partial charge is 0.307 e. The molecular formula is C82H74N2. The first-order valence-electron chi connectivity index (χ1n) is 31.7. The number of fused-ring (bicyclic) bond motifs is 13. The molecule has 0 atom stereocenters. The molecule has 84 heavy (non-hydrogen) atoms. The molecule has 15 aromatic rings. The molecule has 0 aliphatic heterocycles. The molecule has 11 aromatic carbocycles. The van der Waals surface area contributed by atoms with Gasteiger partial charge in [0.2, 0.25) is 0 Å². The highest BCUT2D eigenvalue weighted by atomic mass is 14.9. The minimum Gasteiger partial charge on any atom is -0.307 e. The van der Waals surface area contributed by atoms with Gasteiger partial charge in [0.1, 0.15) is 0 Å². The molecule has 0 spiro atoms. The van der Waals surface area contributed by atoms with Crippen molar-refractivity contribution in [2.45, 2.75) is 119 Å². The maximum absolute atomic E-state index is 8.59. The van der Waals surface area contributed by atoms with Gasteiger partial charge in [0.15, 0.2) is 0 Å². The van der Waals surface area contributed by atoms with Gasteiger partial charge in [-0.25, -0.2) is 0 Å². The fourth-order valence-electron chi connectivity index (χ4n) is 14.3. The molecule has 0 fully saturated rings. The van der Waals surface area contributed by atoms with E-state index in [1.54, 1.807) is 6.07 Å². The highest BCUT2D eigenvalue weighted by molar-refractivity contribution is 6.39. The van der Waals surface area contributed by atoms with Crippen molar-refractivity contribution in [1.82, 2.24) is 8.80 Å². The van der Waals surface area contributed by atoms with Crippen molar-refractivity contribution in [1.29, 1.82) is 0 Å². The van der Waals surface area contributed by atoms with E-state index in [1.807, 2.05) is 19.1 Å². The third-order valence-electron chi connectivity index (χ3n) is 18.8. The van der Waals surface area contributed by atoms with Crippen molar-refractivity contribution < 1.29 is 4.11 Å². The lowest BCUT2D eigenvalue weighted by molar-refractivity contribution is 0.590. The van der Waals surface area contributed by atoms with E-state index in [-0.39, 0.29) is 21.7 Å². The number of aromatic nitrogens is 2. The van der Waals surface area contributed by atoms with Gasteiger partial charge in [-0.15, -0.1) is 0 Å². The lowest BCUT2D eigenvalue weighted by Crippen LogP contribution is -2.11. The van der Waals surface area contributed by atoms with Gasteiger partial charge >= 0.3 is 0 Å². The third kappa shape index (κ3) is 7.68. The van der Waals surface area contributed by atoms with Crippen molar-refractivity contribution in [2.75, 3.05) is 0 Å². The van der Waals surface area contributed by atoms with Crippen LogP contribution in [0.1, 0.15) is 121 Å². The monoisotopic (exact) mass is 1090 g/mol. The molecule has 0 radical (unpaired) electrons. The summed E-state index contributed by atoms with van der Waals surface area (Å²) in [5.41, 5.74) is 24.3. The summed E-state index contributed by atoms with van der Waals surface area (Å²) in [5.74, 6) is 0. The molecule has 0 saturated heterocycles. The normalized spacial score (nSPS) is 13.8. The Bertz CT molecular complexity index is 5270. The lowest BCUT2D eigenvalue weighted by atomic mass is 9.81. The average Bonchev–Trinajstić information content (AvgIpc) is 1.49. The fraction of sp³-hybridized carbons (Fsp3) is 0.220. The van der Waals surface area contributed by atoms with Crippen LogP contribution in [0.2, 0.25) is 0 Å². The summed E-state index contributed by atoms with van der Waals surface area (Å²) in [4.78, 5) is 0. The molecule has 4 heterocycles. The predicted octanol–water partition coefficient (Wildman–Crippen LogP) is 23.3. The number of hydrogen-bond acceptors (Lipinski definition) is 0. The Morgan fingerprint density at radius 3 is 1.17 bits per heavy atom. The van der Waals surface area contributed by atoms with E-state index in [0.29, 0.717) is 5.56 Å². The maximum Gasteiger partial charge on any atom is 0.0634 e. The zero-order valence-electron chi connectivity index (χ0n) is 53.9. The number of aryl methyl sites for hydroxylation is 2. The molecular weight excluding hydrogens is 1010 g/mol. The van der Waals surface area contributed by atoms with Crippen LogP contribution in [0.3, 0.4) is 0 Å². The van der Waals surface area contributed by atoms with Crippen LogP contribution >= 0.6 is 0 Å². The van der Waals surface area contributed by atoms with Crippen molar-refractivity contribution in [3.05, 3.63) is 228 Å². The van der Waals surface area contributed by atoms with Crippen molar-refractivity contribution in [3.63, 3.8) is 0 Å². The SMILES string of the molecule is [2H]C([2H])([2H])c1cccc(C)c1-c1ccc2cc(-c3c4c5cc(C(C)(C)C)cc6c7cc(C(C)(C)C)ccc7n(c4c(-c4c(-c7ccccc7)cccc4-c4ccccc4)c4c7cc(C(C)(C)C)cc8c9cc(C(C)(C)C)ccc9n(c34)c87)c65)ccc2c1. The molecule has 0 N–H and O–H groups in total. The first-order valence-corrected chi connectivity index (χ1v) is 30.2. The minimum absolute atomic E-state index is 0.0741. The summed E-state index contributed by atoms with van der Waals surface area (Å²) >= 11 is 0. The van der Waals surface area contributed by atoms with Crippen LogP contribution in [0.4, 0.5) is 0 Å². The van der Waals surface area contributed by atoms with Gasteiger partial charge in [-0.3, -0.25) is 0 Å². The first-order chi connectivity index (χ1) is 41.3. The Hall–Kier alpha value is -8.72. The van der Waals surface area contributed by atoms with Crippen LogP contribution in [0, 0.1) is 13.8 Å². The summed E-state index contributed by atoms with van der Waals surface area (Å²) in [5, 5.41) is 12.1. The van der Waals surface area contributed by atoms with Crippen molar-refractivity contribution >= 4 is 87.0 Å². The fourth-order valence-corrected chi connectivity index (χ4v) is 14.3. The standard InChI is InChI=1S/C82H74N2/c1-47-23-21-24-48(2)69(47)53-33-31-52-40-54(34-32-51(52)39-53)70-72-65-45-57(81(9,10)11)43-63-62-42-56(80(6,7)8)36-38-68(62)84(75(63)65)78(72)74(71-59(49-25-17-15-18-26-49)29-22-30-60(71)50-27-19-16-20-28-50)73-66-46-58(82(12,13)14)44-64-61-41-55(79(3,4)5)35-37-67(61)83(76(64)66)77(70)73/h15-46H,1-14H3/i1D3. The number of rotatable bonds is 5. The lowest BCUT2D eigenvalue weighted by Gasteiger charge is -2.23. The molecule has 0 amide bonds. The van der Waals surface area contributed by atoms with Crippen LogP contribution in [0.25, 0.3) is 143 Å². The molecule has 0 unspecified atom stereocenters. The Morgan fingerprint density at radius 2 is 0.702 bits per heavy atom. The topological polar surface area (TPSA) is 8.82 Å². The Balaban J connectivity index is 1.24. The second-order valence-electron chi connectivity index (χ2n) is 28.4.